The van der Waals surface area contributed by atoms with Gasteiger partial charge in [-0.05, 0) is 43.7 Å². The zero-order valence-corrected chi connectivity index (χ0v) is 18.7. The maximum Gasteiger partial charge on any atom is 0.192 e. The van der Waals surface area contributed by atoms with E-state index in [9.17, 15) is 4.79 Å². The molecule has 0 saturated carbocycles. The molecule has 150 valence electrons. The van der Waals surface area contributed by atoms with E-state index in [1.165, 1.54) is 11.8 Å². The zero-order chi connectivity index (χ0) is 20.8. The first-order valence-corrected chi connectivity index (χ1v) is 10.8. The molecule has 1 aromatic heterocycles. The van der Waals surface area contributed by atoms with Crippen LogP contribution in [-0.2, 0) is 13.2 Å². The van der Waals surface area contributed by atoms with Gasteiger partial charge in [-0.2, -0.15) is 0 Å². The number of allylic oxidation sites excluding steroid dienone is 1. The van der Waals surface area contributed by atoms with Crippen molar-refractivity contribution in [1.29, 1.82) is 0 Å². The van der Waals surface area contributed by atoms with Crippen LogP contribution in [-0.4, -0.2) is 25.8 Å². The molecule has 3 rings (SSSR count). The summed E-state index contributed by atoms with van der Waals surface area (Å²) in [4.78, 5) is 12.7. The Labute approximate surface area is 183 Å². The highest BCUT2D eigenvalue weighted by molar-refractivity contribution is 9.10. The topological polar surface area (TPSA) is 57.0 Å². The third-order valence-corrected chi connectivity index (χ3v) is 5.85. The molecular weight excluding hydrogens is 450 g/mol. The van der Waals surface area contributed by atoms with E-state index in [0.717, 1.165) is 15.8 Å². The summed E-state index contributed by atoms with van der Waals surface area (Å²) < 4.78 is 8.74. The number of hydrogen-bond donors (Lipinski definition) is 0. The molecule has 5 nitrogen and oxygen atoms in total. The van der Waals surface area contributed by atoms with E-state index >= 15 is 0 Å². The molecule has 7 heteroatoms. The Morgan fingerprint density at radius 2 is 2.03 bits per heavy atom. The zero-order valence-electron chi connectivity index (χ0n) is 16.3. The summed E-state index contributed by atoms with van der Waals surface area (Å²) in [7, 11) is 0. The Bertz CT molecular complexity index is 1000. The lowest BCUT2D eigenvalue weighted by atomic mass is 10.1. The van der Waals surface area contributed by atoms with Gasteiger partial charge in [0.15, 0.2) is 16.8 Å². The fourth-order valence-electron chi connectivity index (χ4n) is 2.74. The van der Waals surface area contributed by atoms with Crippen molar-refractivity contribution in [3.05, 3.63) is 82.6 Å². The van der Waals surface area contributed by atoms with Crippen LogP contribution >= 0.6 is 27.7 Å². The molecule has 29 heavy (non-hydrogen) atoms. The molecule has 0 radical (unpaired) electrons. The van der Waals surface area contributed by atoms with Crippen LogP contribution in [0.4, 0.5) is 0 Å². The number of halogens is 1. The summed E-state index contributed by atoms with van der Waals surface area (Å²) in [5, 5.41) is 8.93. The highest BCUT2D eigenvalue weighted by atomic mass is 79.9. The quantitative estimate of drug-likeness (QED) is 0.235. The molecule has 0 N–H and O–H groups in total. The maximum atomic E-state index is 12.7. The van der Waals surface area contributed by atoms with Crippen molar-refractivity contribution in [2.75, 3.05) is 0 Å². The van der Waals surface area contributed by atoms with E-state index in [1.54, 1.807) is 6.08 Å². The molecule has 0 aliphatic carbocycles. The van der Waals surface area contributed by atoms with Gasteiger partial charge in [0, 0.05) is 16.6 Å². The average Bonchev–Trinajstić information content (AvgIpc) is 3.08. The Morgan fingerprint density at radius 3 is 2.72 bits per heavy atom. The van der Waals surface area contributed by atoms with Gasteiger partial charge >= 0.3 is 0 Å². The molecule has 0 aliphatic rings. The standard InChI is InChI=1S/C22H22BrN3O2S/c1-4-12-26-20(14-28-19-7-5-6-15(2)13-19)24-25-22(26)29-16(3)21(27)17-8-10-18(23)11-9-17/h4-11,13,16H,1,12,14H2,2-3H3. The molecule has 0 bridgehead atoms. The summed E-state index contributed by atoms with van der Waals surface area (Å²) in [6, 6.07) is 15.2. The van der Waals surface area contributed by atoms with Crippen LogP contribution in [0.5, 0.6) is 5.75 Å². The van der Waals surface area contributed by atoms with Gasteiger partial charge in [0.1, 0.15) is 12.4 Å². The molecule has 0 saturated heterocycles. The van der Waals surface area contributed by atoms with E-state index in [4.69, 9.17) is 4.74 Å². The van der Waals surface area contributed by atoms with Crippen LogP contribution in [0.25, 0.3) is 0 Å². The van der Waals surface area contributed by atoms with E-state index in [2.05, 4.69) is 32.7 Å². The van der Waals surface area contributed by atoms with E-state index < -0.39 is 0 Å². The van der Waals surface area contributed by atoms with Gasteiger partial charge in [-0.25, -0.2) is 0 Å². The first-order chi connectivity index (χ1) is 14.0. The Balaban J connectivity index is 1.72. The highest BCUT2D eigenvalue weighted by Crippen LogP contribution is 2.26. The number of benzene rings is 2. The number of nitrogens with zero attached hydrogens (tertiary/aromatic N) is 3. The van der Waals surface area contributed by atoms with E-state index in [0.29, 0.717) is 29.7 Å². The van der Waals surface area contributed by atoms with Crippen molar-refractivity contribution in [3.63, 3.8) is 0 Å². The van der Waals surface area contributed by atoms with Crippen molar-refractivity contribution >= 4 is 33.5 Å². The third kappa shape index (κ3) is 5.58. The van der Waals surface area contributed by atoms with Crippen molar-refractivity contribution in [2.45, 2.75) is 37.4 Å². The molecule has 0 amide bonds. The number of Topliss-reactive ketones (excluding diaryl/α,β-unsaturated/α-hetero) is 1. The van der Waals surface area contributed by atoms with Crippen LogP contribution in [0.15, 0.2) is 70.8 Å². The molecule has 3 aromatic rings. The molecule has 0 fully saturated rings. The molecular formula is C22H22BrN3O2S. The summed E-state index contributed by atoms with van der Waals surface area (Å²) in [6.45, 7) is 8.55. The van der Waals surface area contributed by atoms with E-state index in [1.807, 2.05) is 66.9 Å². The van der Waals surface area contributed by atoms with Gasteiger partial charge in [0.25, 0.3) is 0 Å². The summed E-state index contributed by atoms with van der Waals surface area (Å²) in [5.41, 5.74) is 1.80. The van der Waals surface area contributed by atoms with Crippen LogP contribution in [0.1, 0.15) is 28.7 Å². The predicted octanol–water partition coefficient (Wildman–Crippen LogP) is 5.48. The van der Waals surface area contributed by atoms with Crippen LogP contribution in [0.3, 0.4) is 0 Å². The molecule has 1 heterocycles. The first-order valence-electron chi connectivity index (χ1n) is 9.17. The monoisotopic (exact) mass is 471 g/mol. The van der Waals surface area contributed by atoms with E-state index in [-0.39, 0.29) is 11.0 Å². The van der Waals surface area contributed by atoms with Gasteiger partial charge in [0.2, 0.25) is 0 Å². The fourth-order valence-corrected chi connectivity index (χ4v) is 3.96. The highest BCUT2D eigenvalue weighted by Gasteiger charge is 2.21. The fraction of sp³-hybridized carbons (Fsp3) is 0.227. The minimum atomic E-state index is -0.297. The summed E-state index contributed by atoms with van der Waals surface area (Å²) in [6.07, 6.45) is 1.78. The Morgan fingerprint density at radius 1 is 1.28 bits per heavy atom. The number of thioether (sulfide) groups is 1. The lowest BCUT2D eigenvalue weighted by molar-refractivity contribution is 0.0994. The second-order valence-electron chi connectivity index (χ2n) is 6.53. The lowest BCUT2D eigenvalue weighted by Crippen LogP contribution is -2.15. The third-order valence-electron chi connectivity index (χ3n) is 4.24. The second kappa shape index (κ2) is 9.89. The smallest absolute Gasteiger partial charge is 0.192 e. The largest absolute Gasteiger partial charge is 0.486 e. The summed E-state index contributed by atoms with van der Waals surface area (Å²) in [5.74, 6) is 1.52. The van der Waals surface area contributed by atoms with Gasteiger partial charge in [-0.1, -0.05) is 58.0 Å². The maximum absolute atomic E-state index is 12.7. The van der Waals surface area contributed by atoms with Crippen molar-refractivity contribution < 1.29 is 9.53 Å². The SMILES string of the molecule is C=CCn1c(COc2cccc(C)c2)nnc1SC(C)C(=O)c1ccc(Br)cc1. The number of rotatable bonds is 9. The predicted molar refractivity (Wildman–Crippen MR) is 120 cm³/mol. The van der Waals surface area contributed by atoms with Crippen LogP contribution in [0, 0.1) is 6.92 Å². The van der Waals surface area contributed by atoms with Gasteiger partial charge in [-0.15, -0.1) is 16.8 Å². The van der Waals surface area contributed by atoms with Crippen LogP contribution < -0.4 is 4.74 Å². The lowest BCUT2D eigenvalue weighted by Gasteiger charge is -2.12. The second-order valence-corrected chi connectivity index (χ2v) is 8.76. The minimum absolute atomic E-state index is 0.0493. The molecule has 1 unspecified atom stereocenters. The van der Waals surface area contributed by atoms with Gasteiger partial charge in [0.05, 0.1) is 5.25 Å². The number of ether oxygens (including phenoxy) is 1. The van der Waals surface area contributed by atoms with Gasteiger partial charge < -0.3 is 4.74 Å². The molecule has 1 atom stereocenters. The molecule has 2 aromatic carbocycles. The first kappa shape index (κ1) is 21.3. The number of ketones is 1. The van der Waals surface area contributed by atoms with Gasteiger partial charge in [-0.3, -0.25) is 9.36 Å². The number of aryl methyl sites for hydroxylation is 1. The average molecular weight is 472 g/mol. The van der Waals surface area contributed by atoms with Crippen molar-refractivity contribution in [3.8, 4) is 5.75 Å². The number of aromatic nitrogens is 3. The van der Waals surface area contributed by atoms with Crippen molar-refractivity contribution in [2.24, 2.45) is 0 Å². The Hall–Kier alpha value is -2.38. The normalized spacial score (nSPS) is 11.8. The van der Waals surface area contributed by atoms with Crippen LogP contribution in [0.2, 0.25) is 0 Å². The Kier molecular flexibility index (Phi) is 7.28. The number of hydrogen-bond acceptors (Lipinski definition) is 5. The number of carbonyl (C=O) groups is 1. The molecule has 0 aliphatic heterocycles. The minimum Gasteiger partial charge on any atom is -0.486 e. The number of carbonyl (C=O) groups excluding carboxylic acids is 1. The van der Waals surface area contributed by atoms with Crippen molar-refractivity contribution in [1.82, 2.24) is 14.8 Å². The molecule has 0 spiro atoms. The summed E-state index contributed by atoms with van der Waals surface area (Å²) >= 11 is 4.78.